The van der Waals surface area contributed by atoms with Crippen molar-refractivity contribution >= 4 is 22.6 Å². The summed E-state index contributed by atoms with van der Waals surface area (Å²) in [6, 6.07) is 11.7. The quantitative estimate of drug-likeness (QED) is 0.764. The Morgan fingerprint density at radius 3 is 3.00 bits per heavy atom. The van der Waals surface area contributed by atoms with E-state index >= 15 is 0 Å². The number of aromatic nitrogens is 2. The van der Waals surface area contributed by atoms with Crippen LogP contribution in [0.1, 0.15) is 11.1 Å². The summed E-state index contributed by atoms with van der Waals surface area (Å²) in [5.74, 6) is 0.538. The average Bonchev–Trinajstić information content (AvgIpc) is 2.86. The van der Waals surface area contributed by atoms with Crippen LogP contribution in [0.3, 0.4) is 0 Å². The van der Waals surface area contributed by atoms with Crippen LogP contribution in [0.25, 0.3) is 10.9 Å². The van der Waals surface area contributed by atoms with Gasteiger partial charge in [-0.2, -0.15) is 0 Å². The molecule has 0 aliphatic carbocycles. The topological polar surface area (TPSA) is 57.8 Å². The molecule has 2 aromatic heterocycles. The predicted molar refractivity (Wildman–Crippen MR) is 79.6 cm³/mol. The van der Waals surface area contributed by atoms with Crippen molar-refractivity contribution < 1.29 is 4.79 Å². The lowest BCUT2D eigenvalue weighted by atomic mass is 10.1. The maximum Gasteiger partial charge on any atom is 0.229 e. The number of H-pyrrole nitrogens is 1. The maximum atomic E-state index is 12.0. The summed E-state index contributed by atoms with van der Waals surface area (Å²) in [6.45, 7) is 1.97. The van der Waals surface area contributed by atoms with Crippen molar-refractivity contribution in [2.75, 3.05) is 5.32 Å². The Bertz CT molecular complexity index is 761. The van der Waals surface area contributed by atoms with Gasteiger partial charge in [0.15, 0.2) is 0 Å². The van der Waals surface area contributed by atoms with Crippen LogP contribution < -0.4 is 5.32 Å². The molecule has 2 heterocycles. The SMILES string of the molecule is Cc1ccnc(NC(=O)Cc2ccc3[nH]ccc3c2)c1. The molecule has 3 rings (SSSR count). The number of fused-ring (bicyclic) bond motifs is 1. The van der Waals surface area contributed by atoms with E-state index < -0.39 is 0 Å². The summed E-state index contributed by atoms with van der Waals surface area (Å²) in [5.41, 5.74) is 3.14. The second-order valence-corrected chi connectivity index (χ2v) is 4.84. The summed E-state index contributed by atoms with van der Waals surface area (Å²) in [7, 11) is 0. The van der Waals surface area contributed by atoms with Crippen molar-refractivity contribution in [3.63, 3.8) is 0 Å². The highest BCUT2D eigenvalue weighted by molar-refractivity contribution is 5.92. The lowest BCUT2D eigenvalue weighted by molar-refractivity contribution is -0.115. The second kappa shape index (κ2) is 5.17. The number of hydrogen-bond acceptors (Lipinski definition) is 2. The van der Waals surface area contributed by atoms with Crippen molar-refractivity contribution in [3.05, 3.63) is 59.9 Å². The first-order valence-electron chi connectivity index (χ1n) is 6.49. The minimum Gasteiger partial charge on any atom is -0.361 e. The molecule has 0 saturated heterocycles. The van der Waals surface area contributed by atoms with Crippen LogP contribution in [0.5, 0.6) is 0 Å². The molecule has 0 radical (unpaired) electrons. The van der Waals surface area contributed by atoms with Gasteiger partial charge in [-0.3, -0.25) is 4.79 Å². The van der Waals surface area contributed by atoms with E-state index in [4.69, 9.17) is 0 Å². The van der Waals surface area contributed by atoms with Gasteiger partial charge >= 0.3 is 0 Å². The smallest absolute Gasteiger partial charge is 0.229 e. The van der Waals surface area contributed by atoms with Crippen LogP contribution >= 0.6 is 0 Å². The van der Waals surface area contributed by atoms with Gasteiger partial charge in [-0.1, -0.05) is 6.07 Å². The van der Waals surface area contributed by atoms with Crippen LogP contribution in [0.15, 0.2) is 48.8 Å². The molecule has 1 aromatic carbocycles. The molecule has 1 amide bonds. The number of anilines is 1. The lowest BCUT2D eigenvalue weighted by Crippen LogP contribution is -2.15. The molecule has 0 saturated carbocycles. The third kappa shape index (κ3) is 2.69. The van der Waals surface area contributed by atoms with Crippen molar-refractivity contribution in [2.24, 2.45) is 0 Å². The van der Waals surface area contributed by atoms with Gasteiger partial charge in [-0.05, 0) is 53.8 Å². The Balaban J connectivity index is 1.72. The number of pyridine rings is 1. The third-order valence-corrected chi connectivity index (χ3v) is 3.17. The highest BCUT2D eigenvalue weighted by atomic mass is 16.1. The number of aryl methyl sites for hydroxylation is 1. The fourth-order valence-electron chi connectivity index (χ4n) is 2.19. The monoisotopic (exact) mass is 265 g/mol. The number of hydrogen-bond donors (Lipinski definition) is 2. The van der Waals surface area contributed by atoms with Crippen molar-refractivity contribution in [1.29, 1.82) is 0 Å². The van der Waals surface area contributed by atoms with Crippen molar-refractivity contribution in [1.82, 2.24) is 9.97 Å². The number of carbonyl (C=O) groups excluding carboxylic acids is 1. The molecular formula is C16H15N3O. The standard InChI is InChI=1S/C16H15N3O/c1-11-4-6-18-15(8-11)19-16(20)10-12-2-3-14-13(9-12)5-7-17-14/h2-9,17H,10H2,1H3,(H,18,19,20). The summed E-state index contributed by atoms with van der Waals surface area (Å²) in [5, 5.41) is 3.93. The molecule has 0 spiro atoms. The maximum absolute atomic E-state index is 12.0. The largest absolute Gasteiger partial charge is 0.361 e. The van der Waals surface area contributed by atoms with Crippen LogP contribution in [0, 0.1) is 6.92 Å². The van der Waals surface area contributed by atoms with E-state index in [0.29, 0.717) is 12.2 Å². The molecule has 20 heavy (non-hydrogen) atoms. The van der Waals surface area contributed by atoms with E-state index in [1.54, 1.807) is 6.20 Å². The normalized spacial score (nSPS) is 10.7. The Kier molecular flexibility index (Phi) is 3.21. The Labute approximate surface area is 116 Å². The van der Waals surface area contributed by atoms with Gasteiger partial charge in [0.1, 0.15) is 5.82 Å². The molecule has 0 bridgehead atoms. The Morgan fingerprint density at radius 1 is 1.25 bits per heavy atom. The van der Waals surface area contributed by atoms with Gasteiger partial charge in [0.25, 0.3) is 0 Å². The molecule has 100 valence electrons. The molecule has 0 fully saturated rings. The summed E-state index contributed by atoms with van der Waals surface area (Å²) < 4.78 is 0. The molecule has 4 heteroatoms. The fraction of sp³-hybridized carbons (Fsp3) is 0.125. The zero-order valence-electron chi connectivity index (χ0n) is 11.2. The highest BCUT2D eigenvalue weighted by Gasteiger charge is 2.06. The highest BCUT2D eigenvalue weighted by Crippen LogP contribution is 2.15. The van der Waals surface area contributed by atoms with E-state index in [1.807, 2.05) is 49.5 Å². The zero-order chi connectivity index (χ0) is 13.9. The van der Waals surface area contributed by atoms with Gasteiger partial charge < -0.3 is 10.3 Å². The van der Waals surface area contributed by atoms with Gasteiger partial charge in [0.2, 0.25) is 5.91 Å². The van der Waals surface area contributed by atoms with Gasteiger partial charge in [-0.25, -0.2) is 4.98 Å². The van der Waals surface area contributed by atoms with E-state index in [1.165, 1.54) is 0 Å². The average molecular weight is 265 g/mol. The third-order valence-electron chi connectivity index (χ3n) is 3.17. The first-order chi connectivity index (χ1) is 9.70. The van der Waals surface area contributed by atoms with Crippen LogP contribution in [-0.2, 0) is 11.2 Å². The van der Waals surface area contributed by atoms with Crippen LogP contribution in [0.2, 0.25) is 0 Å². The minimum absolute atomic E-state index is 0.0574. The van der Waals surface area contributed by atoms with E-state index in [0.717, 1.165) is 22.0 Å². The van der Waals surface area contributed by atoms with Gasteiger partial charge in [0.05, 0.1) is 6.42 Å². The summed E-state index contributed by atoms with van der Waals surface area (Å²) in [4.78, 5) is 19.3. The second-order valence-electron chi connectivity index (χ2n) is 4.84. The number of aromatic amines is 1. The lowest BCUT2D eigenvalue weighted by Gasteiger charge is -2.05. The molecule has 2 N–H and O–H groups in total. The van der Waals surface area contributed by atoms with Crippen molar-refractivity contribution in [2.45, 2.75) is 13.3 Å². The van der Waals surface area contributed by atoms with E-state index in [2.05, 4.69) is 15.3 Å². The number of rotatable bonds is 3. The Hall–Kier alpha value is -2.62. The van der Waals surface area contributed by atoms with E-state index in [9.17, 15) is 4.79 Å². The molecule has 0 unspecified atom stereocenters. The zero-order valence-corrected chi connectivity index (χ0v) is 11.2. The summed E-state index contributed by atoms with van der Waals surface area (Å²) in [6.07, 6.45) is 3.93. The number of benzene rings is 1. The molecule has 4 nitrogen and oxygen atoms in total. The predicted octanol–water partition coefficient (Wildman–Crippen LogP) is 3.05. The van der Waals surface area contributed by atoms with Gasteiger partial charge in [0, 0.05) is 17.9 Å². The molecule has 0 aliphatic heterocycles. The minimum atomic E-state index is -0.0574. The van der Waals surface area contributed by atoms with Gasteiger partial charge in [-0.15, -0.1) is 0 Å². The number of carbonyl (C=O) groups is 1. The Morgan fingerprint density at radius 2 is 2.15 bits per heavy atom. The van der Waals surface area contributed by atoms with Crippen LogP contribution in [0.4, 0.5) is 5.82 Å². The number of nitrogens with zero attached hydrogens (tertiary/aromatic N) is 1. The first-order valence-corrected chi connectivity index (χ1v) is 6.49. The number of nitrogens with one attached hydrogen (secondary N) is 2. The molecule has 3 aromatic rings. The molecule has 0 atom stereocenters. The fourth-order valence-corrected chi connectivity index (χ4v) is 2.19. The van der Waals surface area contributed by atoms with E-state index in [-0.39, 0.29) is 5.91 Å². The first kappa shape index (κ1) is 12.4. The molecular weight excluding hydrogens is 250 g/mol. The van der Waals surface area contributed by atoms with Crippen LogP contribution in [-0.4, -0.2) is 15.9 Å². The number of amides is 1. The molecule has 0 aliphatic rings. The summed E-state index contributed by atoms with van der Waals surface area (Å²) >= 11 is 0. The van der Waals surface area contributed by atoms with Crippen molar-refractivity contribution in [3.8, 4) is 0 Å².